The van der Waals surface area contributed by atoms with Gasteiger partial charge in [0.15, 0.2) is 0 Å². The van der Waals surface area contributed by atoms with Crippen LogP contribution >= 0.6 is 27.5 Å². The summed E-state index contributed by atoms with van der Waals surface area (Å²) in [6.45, 7) is 3.76. The zero-order chi connectivity index (χ0) is 24.7. The molecule has 34 heavy (non-hydrogen) atoms. The third-order valence-corrected chi connectivity index (χ3v) is 7.72. The Hall–Kier alpha value is -2.39. The summed E-state index contributed by atoms with van der Waals surface area (Å²) in [6, 6.07) is 20.7. The summed E-state index contributed by atoms with van der Waals surface area (Å²) < 4.78 is 34.6. The Balaban J connectivity index is 1.85. The third-order valence-electron chi connectivity index (χ3n) is 5.11. The van der Waals surface area contributed by atoms with Gasteiger partial charge in [0, 0.05) is 11.0 Å². The Morgan fingerprint density at radius 1 is 1.09 bits per heavy atom. The maximum absolute atomic E-state index is 13.5. The van der Waals surface area contributed by atoms with Gasteiger partial charge in [-0.25, -0.2) is 8.42 Å². The lowest BCUT2D eigenvalue weighted by atomic mass is 10.1. The van der Waals surface area contributed by atoms with Crippen LogP contribution in [0.2, 0.25) is 5.02 Å². The smallest absolute Gasteiger partial charge is 0.243 e. The summed E-state index contributed by atoms with van der Waals surface area (Å²) >= 11 is 9.64. The highest BCUT2D eigenvalue weighted by atomic mass is 79.9. The molecule has 3 aromatic rings. The molecule has 6 nitrogen and oxygen atoms in total. The first-order valence-corrected chi connectivity index (χ1v) is 13.3. The van der Waals surface area contributed by atoms with Gasteiger partial charge in [-0.15, -0.1) is 0 Å². The molecule has 0 aromatic heterocycles. The number of nitrogens with one attached hydrogen (secondary N) is 1. The van der Waals surface area contributed by atoms with Crippen molar-refractivity contribution in [2.75, 3.05) is 13.2 Å². The first kappa shape index (κ1) is 26.2. The SMILES string of the molecule is CCOc1ccc(S(=O)(=O)N(CC(=O)N[C@@H](C)c2ccc(Br)cc2)Cc2ccccc2)cc1Cl. The molecule has 0 aliphatic rings. The molecule has 0 aliphatic carbocycles. The number of carbonyl (C=O) groups excluding carboxylic acids is 1. The van der Waals surface area contributed by atoms with E-state index in [1.54, 1.807) is 0 Å². The van der Waals surface area contributed by atoms with E-state index in [-0.39, 0.29) is 29.0 Å². The molecule has 1 N–H and O–H groups in total. The van der Waals surface area contributed by atoms with E-state index in [1.165, 1.54) is 18.2 Å². The van der Waals surface area contributed by atoms with E-state index in [2.05, 4.69) is 21.2 Å². The summed E-state index contributed by atoms with van der Waals surface area (Å²) in [7, 11) is -4.03. The zero-order valence-electron chi connectivity index (χ0n) is 18.9. The van der Waals surface area contributed by atoms with Crippen molar-refractivity contribution in [2.45, 2.75) is 31.3 Å². The van der Waals surface area contributed by atoms with Crippen LogP contribution in [0, 0.1) is 0 Å². The molecule has 0 bridgehead atoms. The molecule has 0 saturated heterocycles. The molecule has 0 saturated carbocycles. The molecule has 1 atom stereocenters. The van der Waals surface area contributed by atoms with Crippen molar-refractivity contribution in [3.63, 3.8) is 0 Å². The fourth-order valence-corrected chi connectivity index (χ4v) is 5.33. The molecule has 0 aliphatic heterocycles. The highest BCUT2D eigenvalue weighted by Gasteiger charge is 2.28. The summed E-state index contributed by atoms with van der Waals surface area (Å²) in [5.74, 6) is -0.00856. The Morgan fingerprint density at radius 3 is 2.38 bits per heavy atom. The van der Waals surface area contributed by atoms with Gasteiger partial charge in [-0.1, -0.05) is 70.0 Å². The Morgan fingerprint density at radius 2 is 1.76 bits per heavy atom. The monoisotopic (exact) mass is 564 g/mol. The highest BCUT2D eigenvalue weighted by molar-refractivity contribution is 9.10. The minimum Gasteiger partial charge on any atom is -0.492 e. The lowest BCUT2D eigenvalue weighted by Crippen LogP contribution is -2.41. The molecule has 3 aromatic carbocycles. The van der Waals surface area contributed by atoms with Crippen molar-refractivity contribution in [3.8, 4) is 5.75 Å². The minimum absolute atomic E-state index is 0.00866. The molecule has 3 rings (SSSR count). The van der Waals surface area contributed by atoms with Crippen LogP contribution in [0.25, 0.3) is 0 Å². The predicted molar refractivity (Wildman–Crippen MR) is 137 cm³/mol. The van der Waals surface area contributed by atoms with Crippen LogP contribution < -0.4 is 10.1 Å². The van der Waals surface area contributed by atoms with Crippen LogP contribution in [0.1, 0.15) is 31.0 Å². The van der Waals surface area contributed by atoms with Crippen molar-refractivity contribution >= 4 is 43.5 Å². The van der Waals surface area contributed by atoms with Gasteiger partial charge in [0.2, 0.25) is 15.9 Å². The normalized spacial score (nSPS) is 12.4. The summed E-state index contributed by atoms with van der Waals surface area (Å²) in [4.78, 5) is 12.9. The van der Waals surface area contributed by atoms with Crippen molar-refractivity contribution in [3.05, 3.63) is 93.4 Å². The molecule has 0 spiro atoms. The van der Waals surface area contributed by atoms with E-state index in [9.17, 15) is 13.2 Å². The molecule has 180 valence electrons. The number of hydrogen-bond donors (Lipinski definition) is 1. The number of benzene rings is 3. The maximum Gasteiger partial charge on any atom is 0.243 e. The predicted octanol–water partition coefficient (Wildman–Crippen LogP) is 5.57. The number of ether oxygens (including phenoxy) is 1. The largest absolute Gasteiger partial charge is 0.492 e. The third kappa shape index (κ3) is 6.82. The van der Waals surface area contributed by atoms with Gasteiger partial charge in [0.1, 0.15) is 5.75 Å². The van der Waals surface area contributed by atoms with Gasteiger partial charge in [0.25, 0.3) is 0 Å². The van der Waals surface area contributed by atoms with E-state index >= 15 is 0 Å². The lowest BCUT2D eigenvalue weighted by molar-refractivity contribution is -0.122. The molecule has 9 heteroatoms. The number of amides is 1. The molecule has 0 radical (unpaired) electrons. The Bertz CT molecular complexity index is 1220. The van der Waals surface area contributed by atoms with E-state index in [0.29, 0.717) is 12.4 Å². The van der Waals surface area contributed by atoms with Gasteiger partial charge >= 0.3 is 0 Å². The molecule has 1 amide bonds. The van der Waals surface area contributed by atoms with E-state index < -0.39 is 15.9 Å². The van der Waals surface area contributed by atoms with Gasteiger partial charge in [-0.3, -0.25) is 4.79 Å². The molecular formula is C25H26BrClN2O4S. The van der Waals surface area contributed by atoms with E-state index in [1.807, 2.05) is 68.4 Å². The molecule has 0 fully saturated rings. The Labute approximate surface area is 214 Å². The van der Waals surface area contributed by atoms with Crippen LogP contribution in [0.15, 0.2) is 82.2 Å². The summed E-state index contributed by atoms with van der Waals surface area (Å²) in [5.41, 5.74) is 1.67. The standard InChI is InChI=1S/C25H26BrClN2O4S/c1-3-33-24-14-13-22(15-23(24)27)34(31,32)29(16-19-7-5-4-6-8-19)17-25(30)28-18(2)20-9-11-21(26)12-10-20/h4-15,18H,3,16-17H2,1-2H3,(H,28,30)/t18-/m0/s1. The second kappa shape index (κ2) is 11.8. The zero-order valence-corrected chi connectivity index (χ0v) is 22.0. The van der Waals surface area contributed by atoms with E-state index in [0.717, 1.165) is 19.9 Å². The second-order valence-corrected chi connectivity index (χ2v) is 10.9. The first-order chi connectivity index (χ1) is 16.2. The van der Waals surface area contributed by atoms with Gasteiger partial charge < -0.3 is 10.1 Å². The van der Waals surface area contributed by atoms with E-state index in [4.69, 9.17) is 16.3 Å². The fraction of sp³-hybridized carbons (Fsp3) is 0.240. The minimum atomic E-state index is -4.03. The number of carbonyl (C=O) groups is 1. The van der Waals surface area contributed by atoms with Crippen molar-refractivity contribution in [2.24, 2.45) is 0 Å². The van der Waals surface area contributed by atoms with Crippen LogP contribution in [0.3, 0.4) is 0 Å². The number of sulfonamides is 1. The van der Waals surface area contributed by atoms with Crippen LogP contribution in [-0.4, -0.2) is 31.8 Å². The number of halogens is 2. The van der Waals surface area contributed by atoms with Gasteiger partial charge in [-0.2, -0.15) is 4.31 Å². The van der Waals surface area contributed by atoms with Crippen LogP contribution in [0.4, 0.5) is 0 Å². The molecular weight excluding hydrogens is 540 g/mol. The quantitative estimate of drug-likeness (QED) is 0.349. The number of hydrogen-bond acceptors (Lipinski definition) is 4. The Kier molecular flexibility index (Phi) is 9.13. The maximum atomic E-state index is 13.5. The summed E-state index contributed by atoms with van der Waals surface area (Å²) in [5, 5.41) is 3.08. The molecule has 0 heterocycles. The summed E-state index contributed by atoms with van der Waals surface area (Å²) in [6.07, 6.45) is 0. The highest BCUT2D eigenvalue weighted by Crippen LogP contribution is 2.29. The van der Waals surface area contributed by atoms with Gasteiger partial charge in [-0.05, 0) is 55.3 Å². The number of nitrogens with zero attached hydrogens (tertiary/aromatic N) is 1. The number of rotatable bonds is 10. The lowest BCUT2D eigenvalue weighted by Gasteiger charge is -2.23. The first-order valence-electron chi connectivity index (χ1n) is 10.7. The van der Waals surface area contributed by atoms with Crippen molar-refractivity contribution < 1.29 is 17.9 Å². The van der Waals surface area contributed by atoms with Crippen molar-refractivity contribution in [1.82, 2.24) is 9.62 Å². The van der Waals surface area contributed by atoms with Crippen molar-refractivity contribution in [1.29, 1.82) is 0 Å². The van der Waals surface area contributed by atoms with Gasteiger partial charge in [0.05, 0.1) is 29.1 Å². The average molecular weight is 566 g/mol. The fourth-order valence-electron chi connectivity index (χ4n) is 3.36. The molecule has 0 unspecified atom stereocenters. The van der Waals surface area contributed by atoms with Crippen LogP contribution in [0.5, 0.6) is 5.75 Å². The second-order valence-electron chi connectivity index (χ2n) is 7.62. The average Bonchev–Trinajstić information content (AvgIpc) is 2.81. The topological polar surface area (TPSA) is 75.7 Å². The van der Waals surface area contributed by atoms with Crippen LogP contribution in [-0.2, 0) is 21.4 Å².